The number of aryl methyl sites for hydroxylation is 2. The zero-order valence-electron chi connectivity index (χ0n) is 13.8. The average Bonchev–Trinajstić information content (AvgIpc) is 2.81. The lowest BCUT2D eigenvalue weighted by Crippen LogP contribution is -2.11. The first-order valence-corrected chi connectivity index (χ1v) is 9.90. The molecule has 0 unspecified atom stereocenters. The number of rotatable bonds is 4. The Labute approximate surface area is 147 Å². The monoisotopic (exact) mass is 368 g/mol. The molecule has 5 nitrogen and oxygen atoms in total. The zero-order chi connectivity index (χ0) is 17.3. The number of halogens is 1. The van der Waals surface area contributed by atoms with Gasteiger partial charge >= 0.3 is 10.1 Å². The highest BCUT2D eigenvalue weighted by molar-refractivity contribution is 7.87. The summed E-state index contributed by atoms with van der Waals surface area (Å²) in [6.07, 6.45) is 6.22. The van der Waals surface area contributed by atoms with E-state index < -0.39 is 10.1 Å². The zero-order valence-corrected chi connectivity index (χ0v) is 15.4. The van der Waals surface area contributed by atoms with Crippen LogP contribution in [0.15, 0.2) is 29.2 Å². The van der Waals surface area contributed by atoms with Gasteiger partial charge in [-0.2, -0.15) is 13.5 Å². The minimum atomic E-state index is -4.01. The van der Waals surface area contributed by atoms with E-state index >= 15 is 0 Å². The Bertz CT molecular complexity index is 822. The summed E-state index contributed by atoms with van der Waals surface area (Å²) < 4.78 is 31.5. The normalized spacial score (nSPS) is 16.3. The summed E-state index contributed by atoms with van der Waals surface area (Å²) in [5.74, 6) is 0.855. The Kier molecular flexibility index (Phi) is 4.88. The lowest BCUT2D eigenvalue weighted by Gasteiger charge is -2.22. The molecule has 1 aliphatic carbocycles. The third-order valence-electron chi connectivity index (χ3n) is 4.51. The molecule has 3 rings (SSSR count). The minimum Gasteiger partial charge on any atom is -0.379 e. The third kappa shape index (κ3) is 3.44. The van der Waals surface area contributed by atoms with Crippen molar-refractivity contribution in [2.75, 3.05) is 0 Å². The molecule has 1 aliphatic rings. The molecule has 2 aromatic rings. The van der Waals surface area contributed by atoms with Gasteiger partial charge in [0.25, 0.3) is 0 Å². The largest absolute Gasteiger partial charge is 0.379 e. The second kappa shape index (κ2) is 6.76. The van der Waals surface area contributed by atoms with Gasteiger partial charge in [0, 0.05) is 7.05 Å². The highest BCUT2D eigenvalue weighted by atomic mass is 35.5. The van der Waals surface area contributed by atoms with Crippen molar-refractivity contribution in [2.45, 2.75) is 49.8 Å². The molecule has 1 aromatic heterocycles. The molecule has 0 amide bonds. The summed E-state index contributed by atoms with van der Waals surface area (Å²) in [5, 5.41) is 4.07. The van der Waals surface area contributed by atoms with Gasteiger partial charge in [-0.1, -0.05) is 43.0 Å². The summed E-state index contributed by atoms with van der Waals surface area (Å²) in [7, 11) is -2.42. The van der Waals surface area contributed by atoms with Crippen LogP contribution in [0.25, 0.3) is 0 Å². The number of hydrogen-bond acceptors (Lipinski definition) is 4. The Morgan fingerprint density at radius 3 is 2.33 bits per heavy atom. The molecule has 1 fully saturated rings. The number of aromatic nitrogens is 2. The summed E-state index contributed by atoms with van der Waals surface area (Å²) >= 11 is 6.03. The molecule has 0 saturated heterocycles. The Morgan fingerprint density at radius 1 is 1.17 bits per heavy atom. The van der Waals surface area contributed by atoms with E-state index in [9.17, 15) is 8.42 Å². The Morgan fingerprint density at radius 2 is 1.79 bits per heavy atom. The van der Waals surface area contributed by atoms with Crippen LogP contribution in [-0.2, 0) is 17.2 Å². The first kappa shape index (κ1) is 17.3. The van der Waals surface area contributed by atoms with Crippen LogP contribution in [0.1, 0.15) is 49.3 Å². The predicted molar refractivity (Wildman–Crippen MR) is 93.0 cm³/mol. The molecule has 0 radical (unpaired) electrons. The smallest absolute Gasteiger partial charge is 0.344 e. The van der Waals surface area contributed by atoms with Gasteiger partial charge in [0.15, 0.2) is 4.90 Å². The summed E-state index contributed by atoms with van der Waals surface area (Å²) in [5.41, 5.74) is 1.57. The van der Waals surface area contributed by atoms with Crippen LogP contribution in [0.3, 0.4) is 0 Å². The second-order valence-corrected chi connectivity index (χ2v) is 8.11. The van der Waals surface area contributed by atoms with E-state index in [-0.39, 0.29) is 15.8 Å². The summed E-state index contributed by atoms with van der Waals surface area (Å²) in [6.45, 7) is 1.59. The molecule has 24 heavy (non-hydrogen) atoms. The fourth-order valence-electron chi connectivity index (χ4n) is 3.29. The van der Waals surface area contributed by atoms with E-state index in [1.165, 1.54) is 42.3 Å². The van der Waals surface area contributed by atoms with Gasteiger partial charge in [-0.3, -0.25) is 4.68 Å². The van der Waals surface area contributed by atoms with Crippen LogP contribution in [0.4, 0.5) is 0 Å². The molecule has 1 aromatic carbocycles. The molecule has 0 aliphatic heterocycles. The van der Waals surface area contributed by atoms with E-state index in [0.717, 1.165) is 0 Å². The third-order valence-corrected chi connectivity index (χ3v) is 6.46. The fraction of sp³-hybridized carbons (Fsp3) is 0.471. The van der Waals surface area contributed by atoms with Gasteiger partial charge in [0.05, 0.1) is 5.69 Å². The van der Waals surface area contributed by atoms with Crippen LogP contribution < -0.4 is 4.18 Å². The SMILES string of the molecule is Cc1nn(C)c(Cl)c1S(=O)(=O)Oc1ccc(C2CCCCC2)cc1. The highest BCUT2D eigenvalue weighted by Gasteiger charge is 2.27. The van der Waals surface area contributed by atoms with Crippen molar-refractivity contribution in [3.05, 3.63) is 40.7 Å². The van der Waals surface area contributed by atoms with Gasteiger partial charge in [-0.15, -0.1) is 0 Å². The molecular weight excluding hydrogens is 348 g/mol. The van der Waals surface area contributed by atoms with E-state index in [1.807, 2.05) is 12.1 Å². The molecular formula is C17H21ClN2O3S. The maximum atomic E-state index is 12.5. The molecule has 0 atom stereocenters. The molecule has 0 spiro atoms. The molecule has 1 heterocycles. The van der Waals surface area contributed by atoms with E-state index in [0.29, 0.717) is 11.6 Å². The Hall–Kier alpha value is -1.53. The molecule has 0 bridgehead atoms. The highest BCUT2D eigenvalue weighted by Crippen LogP contribution is 2.34. The number of hydrogen-bond donors (Lipinski definition) is 0. The fourth-order valence-corrected chi connectivity index (χ4v) is 4.94. The summed E-state index contributed by atoms with van der Waals surface area (Å²) in [4.78, 5) is -0.0805. The standard InChI is InChI=1S/C17H21ClN2O3S/c1-12-16(17(18)20(2)19-12)24(21,22)23-15-10-8-14(9-11-15)13-6-4-3-5-7-13/h8-11,13H,3-7H2,1-2H3. The topological polar surface area (TPSA) is 61.2 Å². The van der Waals surface area contributed by atoms with Crippen molar-refractivity contribution < 1.29 is 12.6 Å². The number of benzene rings is 1. The summed E-state index contributed by atoms with van der Waals surface area (Å²) in [6, 6.07) is 7.33. The maximum absolute atomic E-state index is 12.5. The quantitative estimate of drug-likeness (QED) is 0.759. The van der Waals surface area contributed by atoms with Crippen molar-refractivity contribution in [3.63, 3.8) is 0 Å². The van der Waals surface area contributed by atoms with Crippen LogP contribution in [0.5, 0.6) is 5.75 Å². The van der Waals surface area contributed by atoms with Crippen LogP contribution in [0.2, 0.25) is 5.15 Å². The molecule has 130 valence electrons. The predicted octanol–water partition coefficient (Wildman–Crippen LogP) is 4.20. The molecule has 0 N–H and O–H groups in total. The van der Waals surface area contributed by atoms with Crippen LogP contribution in [0, 0.1) is 6.92 Å². The second-order valence-electron chi connectivity index (χ2n) is 6.27. The lowest BCUT2D eigenvalue weighted by atomic mass is 9.84. The molecule has 1 saturated carbocycles. The van der Waals surface area contributed by atoms with E-state index in [2.05, 4.69) is 5.10 Å². The van der Waals surface area contributed by atoms with Crippen molar-refractivity contribution >= 4 is 21.7 Å². The van der Waals surface area contributed by atoms with Gasteiger partial charge in [0.2, 0.25) is 0 Å². The number of nitrogens with zero attached hydrogens (tertiary/aromatic N) is 2. The van der Waals surface area contributed by atoms with Crippen molar-refractivity contribution in [1.29, 1.82) is 0 Å². The van der Waals surface area contributed by atoms with E-state index in [4.69, 9.17) is 15.8 Å². The lowest BCUT2D eigenvalue weighted by molar-refractivity contribution is 0.443. The van der Waals surface area contributed by atoms with E-state index in [1.54, 1.807) is 26.1 Å². The van der Waals surface area contributed by atoms with Gasteiger partial charge < -0.3 is 4.18 Å². The average molecular weight is 369 g/mol. The van der Waals surface area contributed by atoms with Crippen molar-refractivity contribution in [3.8, 4) is 5.75 Å². The van der Waals surface area contributed by atoms with Gasteiger partial charge in [-0.05, 0) is 43.4 Å². The Balaban J connectivity index is 1.80. The van der Waals surface area contributed by atoms with Crippen LogP contribution >= 0.6 is 11.6 Å². The minimum absolute atomic E-state index is 0.0475. The van der Waals surface area contributed by atoms with Gasteiger partial charge in [-0.25, -0.2) is 0 Å². The van der Waals surface area contributed by atoms with Crippen molar-refractivity contribution in [1.82, 2.24) is 9.78 Å². The van der Waals surface area contributed by atoms with Gasteiger partial charge in [0.1, 0.15) is 10.9 Å². The molecule has 7 heteroatoms. The first-order valence-electron chi connectivity index (χ1n) is 8.12. The van der Waals surface area contributed by atoms with Crippen molar-refractivity contribution in [2.24, 2.45) is 7.05 Å². The van der Waals surface area contributed by atoms with Crippen LogP contribution in [-0.4, -0.2) is 18.2 Å². The first-order chi connectivity index (χ1) is 11.4. The maximum Gasteiger partial charge on any atom is 0.344 e.